The maximum atomic E-state index is 12.4. The zero-order chi connectivity index (χ0) is 14.6. The molecule has 106 valence electrons. The number of nitrogens with one attached hydrogen (secondary N) is 1. The molecular formula is C13H11F3N2OS. The van der Waals surface area contributed by atoms with E-state index in [0.717, 1.165) is 17.8 Å². The molecule has 0 unspecified atom stereocenters. The highest BCUT2D eigenvalue weighted by Gasteiger charge is 2.29. The van der Waals surface area contributed by atoms with Crippen molar-refractivity contribution in [2.45, 2.75) is 19.0 Å². The van der Waals surface area contributed by atoms with Gasteiger partial charge in [-0.25, -0.2) is 4.98 Å². The standard InChI is InChI=1S/C13H11F3N2OS/c14-13(15,16)9-1-3-10(4-2-9)18-12(19)6-5-11-7-20-8-17-11/h1-4,7-8H,5-6H2,(H,18,19). The summed E-state index contributed by atoms with van der Waals surface area (Å²) in [5.41, 5.74) is 2.13. The fourth-order valence-electron chi connectivity index (χ4n) is 1.57. The summed E-state index contributed by atoms with van der Waals surface area (Å²) >= 11 is 1.45. The van der Waals surface area contributed by atoms with Gasteiger partial charge < -0.3 is 5.32 Å². The summed E-state index contributed by atoms with van der Waals surface area (Å²) in [7, 11) is 0. The SMILES string of the molecule is O=C(CCc1cscn1)Nc1ccc(C(F)(F)F)cc1. The van der Waals surface area contributed by atoms with E-state index in [-0.39, 0.29) is 12.3 Å². The van der Waals surface area contributed by atoms with Crippen LogP contribution in [0.4, 0.5) is 18.9 Å². The second-order valence-electron chi connectivity index (χ2n) is 4.10. The highest BCUT2D eigenvalue weighted by Crippen LogP contribution is 2.29. The second-order valence-corrected chi connectivity index (χ2v) is 4.82. The van der Waals surface area contributed by atoms with E-state index in [1.54, 1.807) is 5.51 Å². The molecule has 0 saturated heterocycles. The number of alkyl halides is 3. The molecule has 3 nitrogen and oxygen atoms in total. The molecule has 0 atom stereocenters. The monoisotopic (exact) mass is 300 g/mol. The minimum Gasteiger partial charge on any atom is -0.326 e. The summed E-state index contributed by atoms with van der Waals surface area (Å²) < 4.78 is 37.1. The van der Waals surface area contributed by atoms with Gasteiger partial charge in [0.25, 0.3) is 0 Å². The molecule has 1 N–H and O–H groups in total. The lowest BCUT2D eigenvalue weighted by atomic mass is 10.2. The van der Waals surface area contributed by atoms with Crippen LogP contribution in [0.1, 0.15) is 17.7 Å². The third-order valence-electron chi connectivity index (χ3n) is 2.59. The molecule has 1 amide bonds. The maximum absolute atomic E-state index is 12.4. The van der Waals surface area contributed by atoms with E-state index in [4.69, 9.17) is 0 Å². The number of benzene rings is 1. The van der Waals surface area contributed by atoms with Gasteiger partial charge in [-0.3, -0.25) is 4.79 Å². The molecule has 0 fully saturated rings. The zero-order valence-electron chi connectivity index (χ0n) is 10.3. The molecule has 1 aromatic heterocycles. The quantitative estimate of drug-likeness (QED) is 0.934. The average molecular weight is 300 g/mol. The number of halogens is 3. The first kappa shape index (κ1) is 14.5. The number of carbonyl (C=O) groups excluding carboxylic acids is 1. The smallest absolute Gasteiger partial charge is 0.326 e. The molecule has 0 aliphatic carbocycles. The molecule has 0 aliphatic rings. The number of anilines is 1. The van der Waals surface area contributed by atoms with Gasteiger partial charge in [-0.2, -0.15) is 13.2 Å². The van der Waals surface area contributed by atoms with Crippen molar-refractivity contribution in [1.82, 2.24) is 4.98 Å². The number of amides is 1. The molecule has 0 radical (unpaired) electrons. The number of aromatic nitrogens is 1. The summed E-state index contributed by atoms with van der Waals surface area (Å²) in [6, 6.07) is 4.36. The van der Waals surface area contributed by atoms with Crippen LogP contribution in [-0.4, -0.2) is 10.9 Å². The number of thiazole rings is 1. The van der Waals surface area contributed by atoms with E-state index in [9.17, 15) is 18.0 Å². The predicted octanol–water partition coefficient (Wildman–Crippen LogP) is 3.73. The fourth-order valence-corrected chi connectivity index (χ4v) is 2.16. The van der Waals surface area contributed by atoms with Crippen LogP contribution in [0.5, 0.6) is 0 Å². The normalized spacial score (nSPS) is 11.3. The van der Waals surface area contributed by atoms with Crippen LogP contribution in [0.15, 0.2) is 35.2 Å². The molecule has 0 aliphatic heterocycles. The van der Waals surface area contributed by atoms with Crippen molar-refractivity contribution < 1.29 is 18.0 Å². The fraction of sp³-hybridized carbons (Fsp3) is 0.231. The Morgan fingerprint density at radius 3 is 2.50 bits per heavy atom. The van der Waals surface area contributed by atoms with Crippen molar-refractivity contribution in [1.29, 1.82) is 0 Å². The van der Waals surface area contributed by atoms with E-state index in [1.165, 1.54) is 23.5 Å². The molecular weight excluding hydrogens is 289 g/mol. The minimum atomic E-state index is -4.37. The van der Waals surface area contributed by atoms with Crippen LogP contribution >= 0.6 is 11.3 Å². The Kier molecular flexibility index (Phi) is 4.39. The van der Waals surface area contributed by atoms with Crippen molar-refractivity contribution in [3.05, 3.63) is 46.4 Å². The molecule has 0 spiro atoms. The van der Waals surface area contributed by atoms with Gasteiger partial charge in [0.2, 0.25) is 5.91 Å². The Hall–Kier alpha value is -1.89. The summed E-state index contributed by atoms with van der Waals surface area (Å²) in [5.74, 6) is -0.252. The van der Waals surface area contributed by atoms with Crippen LogP contribution in [0.2, 0.25) is 0 Å². The van der Waals surface area contributed by atoms with Gasteiger partial charge in [-0.15, -0.1) is 11.3 Å². The Morgan fingerprint density at radius 2 is 1.95 bits per heavy atom. The van der Waals surface area contributed by atoms with Crippen LogP contribution < -0.4 is 5.32 Å². The van der Waals surface area contributed by atoms with Crippen LogP contribution in [0.3, 0.4) is 0 Å². The number of hydrogen-bond acceptors (Lipinski definition) is 3. The number of nitrogens with zero attached hydrogens (tertiary/aromatic N) is 1. The van der Waals surface area contributed by atoms with E-state index in [1.807, 2.05) is 5.38 Å². The van der Waals surface area contributed by atoms with Gasteiger partial charge in [-0.1, -0.05) is 0 Å². The number of carbonyl (C=O) groups is 1. The number of aryl methyl sites for hydroxylation is 1. The minimum absolute atomic E-state index is 0.241. The van der Waals surface area contributed by atoms with E-state index < -0.39 is 11.7 Å². The summed E-state index contributed by atoms with van der Waals surface area (Å²) in [6.07, 6.45) is -3.62. The molecule has 7 heteroatoms. The first-order chi connectivity index (χ1) is 9.45. The Morgan fingerprint density at radius 1 is 1.25 bits per heavy atom. The molecule has 2 rings (SSSR count). The lowest BCUT2D eigenvalue weighted by Crippen LogP contribution is -2.13. The largest absolute Gasteiger partial charge is 0.416 e. The number of rotatable bonds is 4. The first-order valence-electron chi connectivity index (χ1n) is 5.79. The van der Waals surface area contributed by atoms with Gasteiger partial charge >= 0.3 is 6.18 Å². The Labute approximate surface area is 117 Å². The van der Waals surface area contributed by atoms with E-state index in [0.29, 0.717) is 12.1 Å². The lowest BCUT2D eigenvalue weighted by Gasteiger charge is -2.08. The first-order valence-corrected chi connectivity index (χ1v) is 6.73. The molecule has 1 heterocycles. The Balaban J connectivity index is 1.88. The summed E-state index contributed by atoms with van der Waals surface area (Å²) in [6.45, 7) is 0. The van der Waals surface area contributed by atoms with Crippen molar-refractivity contribution in [3.8, 4) is 0 Å². The van der Waals surface area contributed by atoms with Crippen molar-refractivity contribution in [3.63, 3.8) is 0 Å². The average Bonchev–Trinajstić information content (AvgIpc) is 2.89. The molecule has 20 heavy (non-hydrogen) atoms. The predicted molar refractivity (Wildman–Crippen MR) is 70.5 cm³/mol. The van der Waals surface area contributed by atoms with Crippen molar-refractivity contribution in [2.75, 3.05) is 5.32 Å². The highest BCUT2D eigenvalue weighted by atomic mass is 32.1. The summed E-state index contributed by atoms with van der Waals surface area (Å²) in [5, 5.41) is 4.40. The van der Waals surface area contributed by atoms with E-state index >= 15 is 0 Å². The third kappa shape index (κ3) is 4.06. The van der Waals surface area contributed by atoms with Crippen LogP contribution in [-0.2, 0) is 17.4 Å². The maximum Gasteiger partial charge on any atom is 0.416 e. The molecule has 2 aromatic rings. The van der Waals surface area contributed by atoms with Gasteiger partial charge in [-0.05, 0) is 30.7 Å². The number of hydrogen-bond donors (Lipinski definition) is 1. The van der Waals surface area contributed by atoms with Crippen molar-refractivity contribution in [2.24, 2.45) is 0 Å². The Bertz CT molecular complexity index is 564. The topological polar surface area (TPSA) is 42.0 Å². The molecule has 1 aromatic carbocycles. The van der Waals surface area contributed by atoms with E-state index in [2.05, 4.69) is 10.3 Å². The molecule has 0 bridgehead atoms. The van der Waals surface area contributed by atoms with Crippen LogP contribution in [0.25, 0.3) is 0 Å². The van der Waals surface area contributed by atoms with Crippen molar-refractivity contribution >= 4 is 22.9 Å². The zero-order valence-corrected chi connectivity index (χ0v) is 11.1. The third-order valence-corrected chi connectivity index (χ3v) is 3.22. The lowest BCUT2D eigenvalue weighted by molar-refractivity contribution is -0.137. The van der Waals surface area contributed by atoms with Crippen LogP contribution in [0, 0.1) is 0 Å². The van der Waals surface area contributed by atoms with Gasteiger partial charge in [0, 0.05) is 17.5 Å². The van der Waals surface area contributed by atoms with Gasteiger partial charge in [0.1, 0.15) is 0 Å². The second kappa shape index (κ2) is 6.04. The summed E-state index contributed by atoms with van der Waals surface area (Å²) in [4.78, 5) is 15.7. The van der Waals surface area contributed by atoms with Gasteiger partial charge in [0.05, 0.1) is 16.8 Å². The van der Waals surface area contributed by atoms with Gasteiger partial charge in [0.15, 0.2) is 0 Å². The highest BCUT2D eigenvalue weighted by molar-refractivity contribution is 7.07. The molecule has 0 saturated carbocycles.